The van der Waals surface area contributed by atoms with Gasteiger partial charge in [0.05, 0.1) is 38.6 Å². The molecule has 3 N–H and O–H groups in total. The molecule has 37 heavy (non-hydrogen) atoms. The van der Waals surface area contributed by atoms with Gasteiger partial charge in [0.2, 0.25) is 17.1 Å². The van der Waals surface area contributed by atoms with Crippen molar-refractivity contribution in [3.8, 4) is 28.4 Å². The number of methoxy groups -OCH3 is 3. The predicted octanol–water partition coefficient (Wildman–Crippen LogP) is 4.30. The standard InChI is InChI=1S/C28H28N2O7/c1-15(31)29-21-11-7-17-13-24(35-2)26(36-3)27(37-4)25(17)19-10-12-22(23(32)14-20(19)21)30-18-8-5-16(6-9-18)28(33)34/h5-6,8-10,12-14,21H,7,11H2,1-4H3,(H,29,31)(H,30,32)(H,33,34). The Labute approximate surface area is 214 Å². The fourth-order valence-electron chi connectivity index (χ4n) is 4.66. The van der Waals surface area contributed by atoms with Crippen molar-refractivity contribution >= 4 is 23.3 Å². The summed E-state index contributed by atoms with van der Waals surface area (Å²) in [5, 5.41) is 15.2. The van der Waals surface area contributed by atoms with Crippen molar-refractivity contribution in [1.29, 1.82) is 0 Å². The number of hydrogen-bond acceptors (Lipinski definition) is 7. The number of aromatic carboxylic acids is 1. The second-order valence-electron chi connectivity index (χ2n) is 8.60. The summed E-state index contributed by atoms with van der Waals surface area (Å²) in [5.74, 6) is 0.182. The number of carboxylic acid groups (broad SMARTS) is 1. The van der Waals surface area contributed by atoms with Gasteiger partial charge in [0.15, 0.2) is 11.5 Å². The van der Waals surface area contributed by atoms with Crippen molar-refractivity contribution in [2.24, 2.45) is 0 Å². The van der Waals surface area contributed by atoms with Crippen LogP contribution in [0, 0.1) is 0 Å². The maximum absolute atomic E-state index is 13.4. The van der Waals surface area contributed by atoms with Crippen LogP contribution >= 0.6 is 0 Å². The molecule has 1 aliphatic rings. The van der Waals surface area contributed by atoms with Gasteiger partial charge in [-0.05, 0) is 72.0 Å². The molecule has 0 saturated carbocycles. The first-order valence-corrected chi connectivity index (χ1v) is 11.6. The lowest BCUT2D eigenvalue weighted by Crippen LogP contribution is -2.26. The molecular formula is C28H28N2O7. The molecule has 3 aromatic rings. The van der Waals surface area contributed by atoms with E-state index in [2.05, 4.69) is 10.6 Å². The highest BCUT2D eigenvalue weighted by Crippen LogP contribution is 2.50. The Morgan fingerprint density at radius 2 is 1.65 bits per heavy atom. The molecule has 0 fully saturated rings. The van der Waals surface area contributed by atoms with E-state index in [0.29, 0.717) is 47.0 Å². The van der Waals surface area contributed by atoms with Gasteiger partial charge in [-0.25, -0.2) is 4.79 Å². The quantitative estimate of drug-likeness (QED) is 0.435. The number of rotatable bonds is 7. The third kappa shape index (κ3) is 5.06. The van der Waals surface area contributed by atoms with Crippen LogP contribution < -0.4 is 30.3 Å². The molecule has 1 unspecified atom stereocenters. The number of ether oxygens (including phenoxy) is 3. The van der Waals surface area contributed by atoms with Gasteiger partial charge in [-0.2, -0.15) is 0 Å². The zero-order valence-electron chi connectivity index (χ0n) is 21.0. The molecule has 0 aromatic heterocycles. The minimum atomic E-state index is -1.03. The van der Waals surface area contributed by atoms with Gasteiger partial charge >= 0.3 is 5.97 Å². The predicted molar refractivity (Wildman–Crippen MR) is 139 cm³/mol. The molecule has 0 saturated heterocycles. The minimum Gasteiger partial charge on any atom is -0.493 e. The van der Waals surface area contributed by atoms with Crippen LogP contribution in [0.4, 0.5) is 11.4 Å². The van der Waals surface area contributed by atoms with Crippen LogP contribution in [-0.4, -0.2) is 38.3 Å². The molecule has 0 heterocycles. The van der Waals surface area contributed by atoms with Gasteiger partial charge in [0.25, 0.3) is 0 Å². The number of carbonyl (C=O) groups excluding carboxylic acids is 1. The molecule has 4 rings (SSSR count). The number of carboxylic acids is 1. The Balaban J connectivity index is 1.93. The zero-order chi connectivity index (χ0) is 26.7. The summed E-state index contributed by atoms with van der Waals surface area (Å²) in [5.41, 5.74) is 3.77. The Bertz CT molecular complexity index is 1420. The van der Waals surface area contributed by atoms with Gasteiger partial charge < -0.3 is 30.0 Å². The molecule has 0 radical (unpaired) electrons. The van der Waals surface area contributed by atoms with Crippen molar-refractivity contribution in [2.45, 2.75) is 25.8 Å². The monoisotopic (exact) mass is 504 g/mol. The number of nitrogens with one attached hydrogen (secondary N) is 2. The van der Waals surface area contributed by atoms with Crippen molar-refractivity contribution in [1.82, 2.24) is 5.32 Å². The molecule has 3 aromatic carbocycles. The highest BCUT2D eigenvalue weighted by molar-refractivity contribution is 5.88. The third-order valence-corrected chi connectivity index (χ3v) is 6.33. The molecule has 0 spiro atoms. The van der Waals surface area contributed by atoms with E-state index in [4.69, 9.17) is 19.3 Å². The molecular weight excluding hydrogens is 476 g/mol. The summed E-state index contributed by atoms with van der Waals surface area (Å²) in [6.45, 7) is 1.44. The smallest absolute Gasteiger partial charge is 0.335 e. The fourth-order valence-corrected chi connectivity index (χ4v) is 4.66. The molecule has 0 bridgehead atoms. The van der Waals surface area contributed by atoms with E-state index >= 15 is 0 Å². The molecule has 1 amide bonds. The number of fused-ring (bicyclic) bond motifs is 3. The minimum absolute atomic E-state index is 0.143. The largest absolute Gasteiger partial charge is 0.493 e. The molecule has 1 atom stereocenters. The lowest BCUT2D eigenvalue weighted by Gasteiger charge is -2.19. The first-order chi connectivity index (χ1) is 17.8. The number of hydrogen-bond donors (Lipinski definition) is 3. The average molecular weight is 505 g/mol. The van der Waals surface area contributed by atoms with Crippen LogP contribution in [0.15, 0.2) is 53.3 Å². The second-order valence-corrected chi connectivity index (χ2v) is 8.60. The van der Waals surface area contributed by atoms with E-state index in [0.717, 1.165) is 16.7 Å². The number of benzene rings is 2. The van der Waals surface area contributed by atoms with E-state index in [1.54, 1.807) is 32.4 Å². The van der Waals surface area contributed by atoms with Gasteiger partial charge in [-0.3, -0.25) is 9.59 Å². The number of carbonyl (C=O) groups is 2. The van der Waals surface area contributed by atoms with Crippen LogP contribution in [0.25, 0.3) is 11.1 Å². The van der Waals surface area contributed by atoms with E-state index in [1.807, 2.05) is 12.1 Å². The lowest BCUT2D eigenvalue weighted by molar-refractivity contribution is -0.119. The van der Waals surface area contributed by atoms with Crippen LogP contribution in [0.3, 0.4) is 0 Å². The molecule has 9 heteroatoms. The van der Waals surface area contributed by atoms with E-state index in [-0.39, 0.29) is 16.9 Å². The fraction of sp³-hybridized carbons (Fsp3) is 0.250. The van der Waals surface area contributed by atoms with Gasteiger partial charge in [0.1, 0.15) is 0 Å². The Morgan fingerprint density at radius 3 is 2.24 bits per heavy atom. The van der Waals surface area contributed by atoms with Crippen LogP contribution in [0.2, 0.25) is 0 Å². The summed E-state index contributed by atoms with van der Waals surface area (Å²) in [6, 6.07) is 12.6. The molecule has 1 aliphatic carbocycles. The zero-order valence-corrected chi connectivity index (χ0v) is 21.0. The second kappa shape index (κ2) is 10.6. The Kier molecular flexibility index (Phi) is 7.33. The first kappa shape index (κ1) is 25.6. The lowest BCUT2D eigenvalue weighted by atomic mass is 9.95. The topological polar surface area (TPSA) is 123 Å². The van der Waals surface area contributed by atoms with Crippen molar-refractivity contribution < 1.29 is 28.9 Å². The van der Waals surface area contributed by atoms with E-state index < -0.39 is 12.0 Å². The van der Waals surface area contributed by atoms with Gasteiger partial charge in [-0.15, -0.1) is 0 Å². The van der Waals surface area contributed by atoms with Crippen molar-refractivity contribution in [3.05, 3.63) is 75.4 Å². The highest BCUT2D eigenvalue weighted by atomic mass is 16.5. The van der Waals surface area contributed by atoms with Crippen LogP contribution in [0.1, 0.15) is 40.9 Å². The third-order valence-electron chi connectivity index (χ3n) is 6.33. The van der Waals surface area contributed by atoms with Crippen molar-refractivity contribution in [3.63, 3.8) is 0 Å². The number of aryl methyl sites for hydroxylation is 1. The summed E-state index contributed by atoms with van der Waals surface area (Å²) in [7, 11) is 4.63. The Morgan fingerprint density at radius 1 is 0.946 bits per heavy atom. The summed E-state index contributed by atoms with van der Waals surface area (Å²) in [6.07, 6.45) is 1.16. The summed E-state index contributed by atoms with van der Waals surface area (Å²) < 4.78 is 16.9. The van der Waals surface area contributed by atoms with Crippen molar-refractivity contribution in [2.75, 3.05) is 26.6 Å². The maximum Gasteiger partial charge on any atom is 0.335 e. The molecule has 192 valence electrons. The summed E-state index contributed by atoms with van der Waals surface area (Å²) in [4.78, 5) is 36.6. The highest BCUT2D eigenvalue weighted by Gasteiger charge is 2.29. The summed E-state index contributed by atoms with van der Waals surface area (Å²) >= 11 is 0. The SMILES string of the molecule is COc1cc2c(c(OC)c1OC)-c1ccc(Nc3ccc(C(=O)O)cc3)c(=O)cc1C(NC(C)=O)CC2. The van der Waals surface area contributed by atoms with E-state index in [9.17, 15) is 14.4 Å². The maximum atomic E-state index is 13.4. The van der Waals surface area contributed by atoms with E-state index in [1.165, 1.54) is 32.2 Å². The van der Waals surface area contributed by atoms with Crippen LogP contribution in [0.5, 0.6) is 17.2 Å². The number of amides is 1. The van der Waals surface area contributed by atoms with Gasteiger partial charge in [-0.1, -0.05) is 6.07 Å². The molecule has 9 nitrogen and oxygen atoms in total. The average Bonchev–Trinajstić information content (AvgIpc) is 3.12. The number of anilines is 2. The normalized spacial score (nSPS) is 13.9. The Hall–Kier alpha value is -4.53. The van der Waals surface area contributed by atoms with Crippen LogP contribution in [-0.2, 0) is 11.2 Å². The molecule has 0 aliphatic heterocycles. The van der Waals surface area contributed by atoms with Gasteiger partial charge in [0, 0.05) is 18.2 Å². The first-order valence-electron chi connectivity index (χ1n) is 11.6.